The zero-order valence-corrected chi connectivity index (χ0v) is 16.9. The monoisotopic (exact) mass is 415 g/mol. The van der Waals surface area contributed by atoms with Crippen LogP contribution in [0.2, 0.25) is 5.02 Å². The summed E-state index contributed by atoms with van der Waals surface area (Å²) in [7, 11) is 0. The summed E-state index contributed by atoms with van der Waals surface area (Å²) < 4.78 is 11.1. The Labute approximate surface area is 174 Å². The number of hydrogen-bond donors (Lipinski definition) is 1. The summed E-state index contributed by atoms with van der Waals surface area (Å²) in [6.07, 6.45) is 0. The average Bonchev–Trinajstić information content (AvgIpc) is 2.73. The number of amides is 2. The second-order valence-corrected chi connectivity index (χ2v) is 7.35. The highest BCUT2D eigenvalue weighted by Gasteiger charge is 2.23. The van der Waals surface area contributed by atoms with Crippen molar-refractivity contribution in [2.75, 3.05) is 49.6 Å². The Balaban J connectivity index is 1.54. The van der Waals surface area contributed by atoms with E-state index in [0.717, 1.165) is 5.69 Å². The molecule has 2 aromatic carbocycles. The zero-order valence-electron chi connectivity index (χ0n) is 16.1. The van der Waals surface area contributed by atoms with Gasteiger partial charge in [-0.15, -0.1) is 0 Å². The highest BCUT2D eigenvalue weighted by molar-refractivity contribution is 6.34. The molecule has 1 N–H and O–H groups in total. The van der Waals surface area contributed by atoms with Crippen LogP contribution in [0.3, 0.4) is 0 Å². The van der Waals surface area contributed by atoms with E-state index >= 15 is 0 Å². The van der Waals surface area contributed by atoms with E-state index in [1.54, 1.807) is 42.2 Å². The Morgan fingerprint density at radius 1 is 1.00 bits per heavy atom. The predicted molar refractivity (Wildman–Crippen MR) is 111 cm³/mol. The van der Waals surface area contributed by atoms with Crippen LogP contribution in [0.15, 0.2) is 36.4 Å². The number of para-hydroxylation sites is 1. The van der Waals surface area contributed by atoms with Crippen LogP contribution in [-0.2, 0) is 4.79 Å². The van der Waals surface area contributed by atoms with Gasteiger partial charge < -0.3 is 24.6 Å². The highest BCUT2D eigenvalue weighted by Crippen LogP contribution is 2.36. The van der Waals surface area contributed by atoms with Gasteiger partial charge in [0.2, 0.25) is 5.91 Å². The molecule has 4 rings (SSSR count). The molecule has 0 aliphatic carbocycles. The first-order chi connectivity index (χ1) is 14.0. The lowest BCUT2D eigenvalue weighted by Crippen LogP contribution is -2.48. The number of halogens is 1. The van der Waals surface area contributed by atoms with E-state index in [2.05, 4.69) is 10.2 Å². The molecule has 2 heterocycles. The molecule has 1 saturated heterocycles. The van der Waals surface area contributed by atoms with Gasteiger partial charge in [-0.3, -0.25) is 9.59 Å². The largest absolute Gasteiger partial charge is 0.486 e. The third kappa shape index (κ3) is 4.10. The van der Waals surface area contributed by atoms with Gasteiger partial charge in [-0.1, -0.05) is 17.7 Å². The first kappa shape index (κ1) is 19.4. The molecule has 2 amide bonds. The summed E-state index contributed by atoms with van der Waals surface area (Å²) in [5.41, 5.74) is 1.87. The van der Waals surface area contributed by atoms with Gasteiger partial charge in [-0.05, 0) is 30.3 Å². The van der Waals surface area contributed by atoms with E-state index in [9.17, 15) is 9.59 Å². The van der Waals surface area contributed by atoms with E-state index in [4.69, 9.17) is 21.1 Å². The van der Waals surface area contributed by atoms with Gasteiger partial charge in [0.1, 0.15) is 13.2 Å². The fourth-order valence-corrected chi connectivity index (χ4v) is 3.86. The molecule has 7 nitrogen and oxygen atoms in total. The maximum Gasteiger partial charge on any atom is 0.255 e. The smallest absolute Gasteiger partial charge is 0.255 e. The van der Waals surface area contributed by atoms with E-state index in [1.165, 1.54) is 0 Å². The van der Waals surface area contributed by atoms with Crippen molar-refractivity contribution in [2.45, 2.75) is 6.92 Å². The summed E-state index contributed by atoms with van der Waals surface area (Å²) in [4.78, 5) is 28.4. The average molecular weight is 416 g/mol. The zero-order chi connectivity index (χ0) is 20.4. The molecular weight excluding hydrogens is 394 g/mol. The number of nitrogens with one attached hydrogen (secondary N) is 1. The topological polar surface area (TPSA) is 71.1 Å². The van der Waals surface area contributed by atoms with Gasteiger partial charge in [0, 0.05) is 38.7 Å². The molecule has 2 aromatic rings. The van der Waals surface area contributed by atoms with Crippen LogP contribution in [0.1, 0.15) is 17.3 Å². The number of anilines is 2. The number of rotatable bonds is 3. The van der Waals surface area contributed by atoms with Gasteiger partial charge in [0.15, 0.2) is 11.5 Å². The van der Waals surface area contributed by atoms with Crippen molar-refractivity contribution in [2.24, 2.45) is 0 Å². The maximum absolute atomic E-state index is 12.9. The molecule has 8 heteroatoms. The van der Waals surface area contributed by atoms with Crippen molar-refractivity contribution >= 4 is 34.8 Å². The molecular formula is C21H22ClN3O4. The van der Waals surface area contributed by atoms with Crippen molar-refractivity contribution in [3.05, 3.63) is 47.0 Å². The molecule has 2 aliphatic heterocycles. The van der Waals surface area contributed by atoms with E-state index in [-0.39, 0.29) is 11.8 Å². The van der Waals surface area contributed by atoms with Crippen LogP contribution < -0.4 is 19.7 Å². The maximum atomic E-state index is 12.9. The van der Waals surface area contributed by atoms with Gasteiger partial charge in [-0.2, -0.15) is 0 Å². The Hall–Kier alpha value is -2.93. The number of benzene rings is 2. The molecule has 0 spiro atoms. The van der Waals surface area contributed by atoms with Crippen molar-refractivity contribution in [1.82, 2.24) is 4.90 Å². The Bertz CT molecular complexity index is 942. The molecule has 2 aliphatic rings. The lowest BCUT2D eigenvalue weighted by Gasteiger charge is -2.37. The first-order valence-electron chi connectivity index (χ1n) is 9.53. The van der Waals surface area contributed by atoms with Crippen molar-refractivity contribution in [3.8, 4) is 11.5 Å². The van der Waals surface area contributed by atoms with Crippen LogP contribution in [-0.4, -0.2) is 56.1 Å². The summed E-state index contributed by atoms with van der Waals surface area (Å²) in [6, 6.07) is 10.6. The lowest BCUT2D eigenvalue weighted by atomic mass is 10.1. The number of carbonyl (C=O) groups excluding carboxylic acids is 2. The fourth-order valence-electron chi connectivity index (χ4n) is 3.56. The van der Waals surface area contributed by atoms with Gasteiger partial charge >= 0.3 is 0 Å². The molecule has 152 valence electrons. The summed E-state index contributed by atoms with van der Waals surface area (Å²) in [5.74, 6) is 1.01. The standard InChI is InChI=1S/C21H22ClN3O4/c1-14(26)24-7-9-25(10-8-24)20-16(22)3-2-4-17(20)23-21(27)15-5-6-18-19(13-15)29-12-11-28-18/h2-6,13H,7-12H2,1H3,(H,23,27). The minimum absolute atomic E-state index is 0.0657. The van der Waals surface area contributed by atoms with Gasteiger partial charge in [0.05, 0.1) is 16.4 Å². The van der Waals surface area contributed by atoms with E-state index in [0.29, 0.717) is 67.2 Å². The normalized spacial score (nSPS) is 15.8. The number of nitrogens with zero attached hydrogens (tertiary/aromatic N) is 2. The second kappa shape index (κ2) is 8.21. The number of hydrogen-bond acceptors (Lipinski definition) is 5. The second-order valence-electron chi connectivity index (χ2n) is 6.94. The molecule has 0 atom stereocenters. The summed E-state index contributed by atoms with van der Waals surface area (Å²) >= 11 is 6.48. The lowest BCUT2D eigenvalue weighted by molar-refractivity contribution is -0.129. The number of carbonyl (C=O) groups is 2. The van der Waals surface area contributed by atoms with Crippen molar-refractivity contribution < 1.29 is 19.1 Å². The fraction of sp³-hybridized carbons (Fsp3) is 0.333. The molecule has 1 fully saturated rings. The molecule has 0 unspecified atom stereocenters. The van der Waals surface area contributed by atoms with Crippen LogP contribution in [0.4, 0.5) is 11.4 Å². The molecule has 0 aromatic heterocycles. The van der Waals surface area contributed by atoms with E-state index in [1.807, 2.05) is 6.07 Å². The highest BCUT2D eigenvalue weighted by atomic mass is 35.5. The van der Waals surface area contributed by atoms with Gasteiger partial charge in [0.25, 0.3) is 5.91 Å². The molecule has 29 heavy (non-hydrogen) atoms. The Kier molecular flexibility index (Phi) is 5.49. The quantitative estimate of drug-likeness (QED) is 0.834. The number of fused-ring (bicyclic) bond motifs is 1. The summed E-state index contributed by atoms with van der Waals surface area (Å²) in [5, 5.41) is 3.52. The van der Waals surface area contributed by atoms with Crippen LogP contribution in [0.25, 0.3) is 0 Å². The third-order valence-electron chi connectivity index (χ3n) is 5.08. The third-order valence-corrected chi connectivity index (χ3v) is 5.39. The minimum atomic E-state index is -0.257. The number of ether oxygens (including phenoxy) is 2. The van der Waals surface area contributed by atoms with E-state index < -0.39 is 0 Å². The predicted octanol–water partition coefficient (Wildman–Crippen LogP) is 3.03. The Morgan fingerprint density at radius 3 is 2.45 bits per heavy atom. The van der Waals surface area contributed by atoms with Crippen LogP contribution in [0, 0.1) is 0 Å². The minimum Gasteiger partial charge on any atom is -0.486 e. The first-order valence-corrected chi connectivity index (χ1v) is 9.90. The molecule has 0 bridgehead atoms. The molecule has 0 radical (unpaired) electrons. The molecule has 0 saturated carbocycles. The van der Waals surface area contributed by atoms with Crippen molar-refractivity contribution in [1.29, 1.82) is 0 Å². The summed E-state index contributed by atoms with van der Waals surface area (Å²) in [6.45, 7) is 5.08. The Morgan fingerprint density at radius 2 is 1.72 bits per heavy atom. The number of piperazine rings is 1. The van der Waals surface area contributed by atoms with Crippen LogP contribution in [0.5, 0.6) is 11.5 Å². The SMILES string of the molecule is CC(=O)N1CCN(c2c(Cl)cccc2NC(=O)c2ccc3c(c2)OCCO3)CC1. The van der Waals surface area contributed by atoms with Gasteiger partial charge in [-0.25, -0.2) is 0 Å². The van der Waals surface area contributed by atoms with Crippen LogP contribution >= 0.6 is 11.6 Å². The van der Waals surface area contributed by atoms with Crippen molar-refractivity contribution in [3.63, 3.8) is 0 Å².